The van der Waals surface area contributed by atoms with Gasteiger partial charge in [0.25, 0.3) is 0 Å². The van der Waals surface area contributed by atoms with Gasteiger partial charge in [-0.3, -0.25) is 0 Å². The predicted octanol–water partition coefficient (Wildman–Crippen LogP) is 3.83. The molecule has 0 unspecified atom stereocenters. The highest BCUT2D eigenvalue weighted by Crippen LogP contribution is 2.26. The minimum atomic E-state index is -3.74. The van der Waals surface area contributed by atoms with Crippen LogP contribution in [0.3, 0.4) is 0 Å². The number of nitrogens with one attached hydrogen (secondary N) is 1. The van der Waals surface area contributed by atoms with Crippen molar-refractivity contribution in [3.63, 3.8) is 0 Å². The summed E-state index contributed by atoms with van der Waals surface area (Å²) in [7, 11) is -3.74. The predicted molar refractivity (Wildman–Crippen MR) is 96.5 cm³/mol. The molecule has 0 bridgehead atoms. The Morgan fingerprint density at radius 2 is 1.85 bits per heavy atom. The minimum absolute atomic E-state index is 0.0808. The SMILES string of the molecule is CCc1ccc(-c2cc(C)no2)cc1S(=O)(=O)NCc1ccc(F)cc1. The van der Waals surface area contributed by atoms with Gasteiger partial charge in [-0.15, -0.1) is 0 Å². The highest BCUT2D eigenvalue weighted by atomic mass is 32.2. The number of aromatic nitrogens is 1. The molecule has 26 heavy (non-hydrogen) atoms. The van der Waals surface area contributed by atoms with Crippen LogP contribution >= 0.6 is 0 Å². The van der Waals surface area contributed by atoms with Gasteiger partial charge in [-0.1, -0.05) is 36.3 Å². The topological polar surface area (TPSA) is 72.2 Å². The molecular weight excluding hydrogens is 355 g/mol. The van der Waals surface area contributed by atoms with Gasteiger partial charge >= 0.3 is 0 Å². The van der Waals surface area contributed by atoms with Crippen LogP contribution in [-0.2, 0) is 23.0 Å². The van der Waals surface area contributed by atoms with E-state index in [1.165, 1.54) is 12.1 Å². The van der Waals surface area contributed by atoms with Crippen molar-refractivity contribution in [1.29, 1.82) is 0 Å². The third kappa shape index (κ3) is 4.00. The third-order valence-corrected chi connectivity index (χ3v) is 5.51. The number of nitrogens with zero attached hydrogens (tertiary/aromatic N) is 1. The summed E-state index contributed by atoms with van der Waals surface area (Å²) >= 11 is 0. The Morgan fingerprint density at radius 3 is 2.46 bits per heavy atom. The lowest BCUT2D eigenvalue weighted by Gasteiger charge is -2.12. The summed E-state index contributed by atoms with van der Waals surface area (Å²) in [5, 5.41) is 3.84. The maximum atomic E-state index is 13.0. The summed E-state index contributed by atoms with van der Waals surface area (Å²) in [5.41, 5.74) is 2.75. The van der Waals surface area contributed by atoms with Crippen LogP contribution < -0.4 is 4.72 Å². The Morgan fingerprint density at radius 1 is 1.12 bits per heavy atom. The highest BCUT2D eigenvalue weighted by molar-refractivity contribution is 7.89. The first-order chi connectivity index (χ1) is 12.4. The zero-order valence-corrected chi connectivity index (χ0v) is 15.3. The third-order valence-electron chi connectivity index (χ3n) is 4.03. The minimum Gasteiger partial charge on any atom is -0.356 e. The first-order valence-electron chi connectivity index (χ1n) is 8.20. The normalized spacial score (nSPS) is 11.7. The quantitative estimate of drug-likeness (QED) is 0.712. The Labute approximate surface area is 151 Å². The smallest absolute Gasteiger partial charge is 0.241 e. The highest BCUT2D eigenvalue weighted by Gasteiger charge is 2.19. The fourth-order valence-corrected chi connectivity index (χ4v) is 3.96. The lowest BCUT2D eigenvalue weighted by molar-refractivity contribution is 0.427. The van der Waals surface area contributed by atoms with Crippen molar-refractivity contribution < 1.29 is 17.3 Å². The largest absolute Gasteiger partial charge is 0.356 e. The Balaban J connectivity index is 1.90. The second-order valence-electron chi connectivity index (χ2n) is 5.96. The number of sulfonamides is 1. The van der Waals surface area contributed by atoms with E-state index in [4.69, 9.17) is 4.52 Å². The molecule has 1 heterocycles. The average Bonchev–Trinajstić information content (AvgIpc) is 3.07. The van der Waals surface area contributed by atoms with Crippen molar-refractivity contribution in [2.24, 2.45) is 0 Å². The van der Waals surface area contributed by atoms with E-state index in [9.17, 15) is 12.8 Å². The molecule has 3 aromatic rings. The zero-order valence-electron chi connectivity index (χ0n) is 14.5. The van der Waals surface area contributed by atoms with Crippen LogP contribution in [-0.4, -0.2) is 13.6 Å². The zero-order chi connectivity index (χ0) is 18.7. The van der Waals surface area contributed by atoms with Gasteiger partial charge in [0, 0.05) is 18.2 Å². The van der Waals surface area contributed by atoms with Gasteiger partial charge in [0.1, 0.15) is 5.82 Å². The monoisotopic (exact) mass is 374 g/mol. The van der Waals surface area contributed by atoms with Crippen molar-refractivity contribution in [1.82, 2.24) is 9.88 Å². The number of aryl methyl sites for hydroxylation is 2. The van der Waals surface area contributed by atoms with Crippen molar-refractivity contribution in [2.75, 3.05) is 0 Å². The van der Waals surface area contributed by atoms with Crippen LogP contribution in [0.2, 0.25) is 0 Å². The molecule has 0 spiro atoms. The number of hydrogen-bond donors (Lipinski definition) is 1. The molecule has 5 nitrogen and oxygen atoms in total. The number of rotatable bonds is 6. The summed E-state index contributed by atoms with van der Waals surface area (Å²) in [4.78, 5) is 0.202. The fraction of sp³-hybridized carbons (Fsp3) is 0.211. The number of hydrogen-bond acceptors (Lipinski definition) is 4. The molecule has 3 rings (SSSR count). The molecule has 0 amide bonds. The molecular formula is C19H19FN2O3S. The second-order valence-corrected chi connectivity index (χ2v) is 7.69. The summed E-state index contributed by atoms with van der Waals surface area (Å²) in [6.45, 7) is 3.78. The van der Waals surface area contributed by atoms with Gasteiger partial charge in [-0.25, -0.2) is 17.5 Å². The molecule has 0 atom stereocenters. The summed E-state index contributed by atoms with van der Waals surface area (Å²) < 4.78 is 46.4. The Bertz CT molecular complexity index is 1010. The standard InChI is InChI=1S/C19H19FN2O3S/c1-3-15-6-7-16(18-10-13(2)22-25-18)11-19(15)26(23,24)21-12-14-4-8-17(20)9-5-14/h4-11,21H,3,12H2,1-2H3. The Hall–Kier alpha value is -2.51. The van der Waals surface area contributed by atoms with Crippen LogP contribution in [0.1, 0.15) is 23.7 Å². The number of benzene rings is 2. The lowest BCUT2D eigenvalue weighted by Crippen LogP contribution is -2.24. The first-order valence-corrected chi connectivity index (χ1v) is 9.68. The van der Waals surface area contributed by atoms with Crippen molar-refractivity contribution in [3.05, 3.63) is 71.2 Å². The lowest BCUT2D eigenvalue weighted by atomic mass is 10.1. The van der Waals surface area contributed by atoms with E-state index in [-0.39, 0.29) is 17.3 Å². The first kappa shape index (κ1) is 18.3. The Kier molecular flexibility index (Phi) is 5.20. The van der Waals surface area contributed by atoms with Gasteiger partial charge in [0.2, 0.25) is 10.0 Å². The molecule has 136 valence electrons. The van der Waals surface area contributed by atoms with Crippen LogP contribution in [0.15, 0.2) is 57.9 Å². The maximum absolute atomic E-state index is 13.0. The van der Waals surface area contributed by atoms with Gasteiger partial charge in [0.15, 0.2) is 5.76 Å². The average molecular weight is 374 g/mol. The van der Waals surface area contributed by atoms with E-state index in [1.54, 1.807) is 37.3 Å². The summed E-state index contributed by atoms with van der Waals surface area (Å²) in [5.74, 6) is 0.153. The molecule has 1 aromatic heterocycles. The van der Waals surface area contributed by atoms with Crippen LogP contribution in [0.5, 0.6) is 0 Å². The maximum Gasteiger partial charge on any atom is 0.241 e. The van der Waals surface area contributed by atoms with Crippen LogP contribution in [0.4, 0.5) is 4.39 Å². The number of halogens is 1. The van der Waals surface area contributed by atoms with Gasteiger partial charge in [0.05, 0.1) is 10.6 Å². The van der Waals surface area contributed by atoms with Gasteiger partial charge in [-0.2, -0.15) is 0 Å². The summed E-state index contributed by atoms with van der Waals surface area (Å²) in [6.07, 6.45) is 0.572. The molecule has 0 aliphatic rings. The molecule has 0 fully saturated rings. The molecule has 0 saturated carbocycles. The van der Waals surface area contributed by atoms with E-state index in [0.717, 1.165) is 5.69 Å². The molecule has 1 N–H and O–H groups in total. The molecule has 0 saturated heterocycles. The van der Waals surface area contributed by atoms with Crippen LogP contribution in [0, 0.1) is 12.7 Å². The van der Waals surface area contributed by atoms with Crippen molar-refractivity contribution in [2.45, 2.75) is 31.7 Å². The van der Waals surface area contributed by atoms with Crippen molar-refractivity contribution >= 4 is 10.0 Å². The summed E-state index contributed by atoms with van der Waals surface area (Å²) in [6, 6.07) is 12.6. The molecule has 0 radical (unpaired) electrons. The van der Waals surface area contributed by atoms with Gasteiger partial charge in [-0.05, 0) is 42.7 Å². The molecule has 0 aliphatic heterocycles. The van der Waals surface area contributed by atoms with E-state index < -0.39 is 10.0 Å². The molecule has 0 aliphatic carbocycles. The van der Waals surface area contributed by atoms with Gasteiger partial charge < -0.3 is 4.52 Å². The van der Waals surface area contributed by atoms with Crippen molar-refractivity contribution in [3.8, 4) is 11.3 Å². The van der Waals surface area contributed by atoms with Crippen LogP contribution in [0.25, 0.3) is 11.3 Å². The van der Waals surface area contributed by atoms with E-state index in [2.05, 4.69) is 9.88 Å². The van der Waals surface area contributed by atoms with E-state index in [0.29, 0.717) is 28.9 Å². The molecule has 2 aromatic carbocycles. The molecule has 7 heteroatoms. The van der Waals surface area contributed by atoms with E-state index in [1.807, 2.05) is 13.0 Å². The van der Waals surface area contributed by atoms with E-state index >= 15 is 0 Å². The second kappa shape index (κ2) is 7.39. The fourth-order valence-electron chi connectivity index (χ4n) is 2.61.